The third-order valence-electron chi connectivity index (χ3n) is 5.89. The second kappa shape index (κ2) is 7.78. The van der Waals surface area contributed by atoms with Crippen molar-refractivity contribution in [2.75, 3.05) is 24.5 Å². The summed E-state index contributed by atoms with van der Waals surface area (Å²) < 4.78 is 1.84. The molecule has 1 amide bonds. The van der Waals surface area contributed by atoms with Crippen LogP contribution in [0.25, 0.3) is 16.6 Å². The van der Waals surface area contributed by atoms with E-state index in [4.69, 9.17) is 5.10 Å². The topological polar surface area (TPSA) is 103 Å². The van der Waals surface area contributed by atoms with Gasteiger partial charge in [0, 0.05) is 18.5 Å². The SMILES string of the molecule is Cl.O=C1CC(O)CCN1c1cccc2nn3c(C4CCNCC4)cc(=O)[nH]c3c12. The van der Waals surface area contributed by atoms with Crippen molar-refractivity contribution in [1.82, 2.24) is 19.9 Å². The summed E-state index contributed by atoms with van der Waals surface area (Å²) in [6, 6.07) is 7.32. The zero-order valence-electron chi connectivity index (χ0n) is 15.9. The first-order valence-electron chi connectivity index (χ1n) is 9.85. The lowest BCUT2D eigenvalue weighted by atomic mass is 9.94. The number of nitrogens with zero attached hydrogens (tertiary/aromatic N) is 3. The van der Waals surface area contributed by atoms with E-state index < -0.39 is 6.10 Å². The van der Waals surface area contributed by atoms with Crippen LogP contribution in [-0.4, -0.2) is 51.4 Å². The van der Waals surface area contributed by atoms with Crippen molar-refractivity contribution in [3.05, 3.63) is 40.3 Å². The monoisotopic (exact) mass is 417 g/mol. The van der Waals surface area contributed by atoms with Gasteiger partial charge in [0.05, 0.1) is 34.8 Å². The summed E-state index contributed by atoms with van der Waals surface area (Å²) >= 11 is 0. The van der Waals surface area contributed by atoms with Crippen molar-refractivity contribution in [3.8, 4) is 0 Å². The van der Waals surface area contributed by atoms with Crippen molar-refractivity contribution < 1.29 is 9.90 Å². The Balaban J connectivity index is 0.00000205. The maximum atomic E-state index is 12.5. The number of hydrogen-bond acceptors (Lipinski definition) is 5. The van der Waals surface area contributed by atoms with Crippen molar-refractivity contribution in [2.45, 2.75) is 37.7 Å². The minimum atomic E-state index is -0.585. The summed E-state index contributed by atoms with van der Waals surface area (Å²) in [4.78, 5) is 29.6. The third kappa shape index (κ3) is 3.41. The van der Waals surface area contributed by atoms with Crippen molar-refractivity contribution in [3.63, 3.8) is 0 Å². The van der Waals surface area contributed by atoms with Crippen LogP contribution < -0.4 is 15.8 Å². The number of carbonyl (C=O) groups is 1. The molecule has 154 valence electrons. The van der Waals surface area contributed by atoms with Crippen LogP contribution in [0.1, 0.15) is 37.3 Å². The molecule has 1 aromatic carbocycles. The Bertz CT molecular complexity index is 1120. The molecule has 0 radical (unpaired) electrons. The molecule has 1 unspecified atom stereocenters. The number of halogens is 1. The third-order valence-corrected chi connectivity index (χ3v) is 5.89. The molecular formula is C20H24ClN5O3. The molecule has 2 aliphatic rings. The first kappa shape index (κ1) is 19.9. The van der Waals surface area contributed by atoms with Gasteiger partial charge in [-0.3, -0.25) is 9.59 Å². The average Bonchev–Trinajstić information content (AvgIpc) is 3.07. The van der Waals surface area contributed by atoms with Crippen LogP contribution in [0.5, 0.6) is 0 Å². The molecule has 2 saturated heterocycles. The van der Waals surface area contributed by atoms with Crippen LogP contribution in [0.3, 0.4) is 0 Å². The van der Waals surface area contributed by atoms with Gasteiger partial charge in [0.15, 0.2) is 0 Å². The molecular weight excluding hydrogens is 394 g/mol. The van der Waals surface area contributed by atoms with Gasteiger partial charge >= 0.3 is 0 Å². The number of H-pyrrole nitrogens is 1. The lowest BCUT2D eigenvalue weighted by molar-refractivity contribution is -0.122. The Morgan fingerprint density at radius 1 is 1.14 bits per heavy atom. The molecule has 8 nitrogen and oxygen atoms in total. The Hall–Kier alpha value is -2.42. The second-order valence-electron chi connectivity index (χ2n) is 7.71. The fourth-order valence-electron chi connectivity index (χ4n) is 4.47. The molecule has 9 heteroatoms. The van der Waals surface area contributed by atoms with E-state index in [1.165, 1.54) is 0 Å². The fraction of sp³-hybridized carbons (Fsp3) is 0.450. The van der Waals surface area contributed by atoms with E-state index in [-0.39, 0.29) is 36.2 Å². The highest BCUT2D eigenvalue weighted by atomic mass is 35.5. The highest BCUT2D eigenvalue weighted by molar-refractivity contribution is 6.08. The number of aromatic amines is 1. The second-order valence-corrected chi connectivity index (χ2v) is 7.71. The molecule has 0 bridgehead atoms. The normalized spacial score (nSPS) is 20.9. The van der Waals surface area contributed by atoms with E-state index in [2.05, 4.69) is 10.3 Å². The Morgan fingerprint density at radius 3 is 2.69 bits per heavy atom. The van der Waals surface area contributed by atoms with Crippen molar-refractivity contribution in [2.24, 2.45) is 0 Å². The first-order chi connectivity index (χ1) is 13.6. The molecule has 3 N–H and O–H groups in total. The average molecular weight is 418 g/mol. The number of rotatable bonds is 2. The summed E-state index contributed by atoms with van der Waals surface area (Å²) in [6.45, 7) is 2.31. The highest BCUT2D eigenvalue weighted by Crippen LogP contribution is 2.33. The predicted octanol–water partition coefficient (Wildman–Crippen LogP) is 1.55. The molecule has 1 atom stereocenters. The molecule has 2 fully saturated rings. The van der Waals surface area contributed by atoms with Crippen LogP contribution in [0.4, 0.5) is 5.69 Å². The van der Waals surface area contributed by atoms with E-state index in [1.807, 2.05) is 22.7 Å². The number of fused-ring (bicyclic) bond motifs is 3. The zero-order chi connectivity index (χ0) is 19.3. The van der Waals surface area contributed by atoms with Gasteiger partial charge in [0.2, 0.25) is 5.91 Å². The smallest absolute Gasteiger partial charge is 0.251 e. The number of aromatic nitrogens is 3. The molecule has 3 aromatic rings. The Kier molecular flexibility index (Phi) is 5.33. The lowest BCUT2D eigenvalue weighted by Crippen LogP contribution is -2.40. The quantitative estimate of drug-likeness (QED) is 0.587. The van der Waals surface area contributed by atoms with E-state index in [0.29, 0.717) is 18.6 Å². The number of aliphatic hydroxyl groups excluding tert-OH is 1. The number of hydrogen-bond donors (Lipinski definition) is 3. The van der Waals surface area contributed by atoms with E-state index in [9.17, 15) is 14.7 Å². The maximum Gasteiger partial charge on any atom is 0.251 e. The van der Waals surface area contributed by atoms with Crippen LogP contribution >= 0.6 is 12.4 Å². The predicted molar refractivity (Wildman–Crippen MR) is 113 cm³/mol. The minimum absolute atomic E-state index is 0. The van der Waals surface area contributed by atoms with Crippen LogP contribution in [-0.2, 0) is 4.79 Å². The van der Waals surface area contributed by atoms with Crippen LogP contribution in [0.15, 0.2) is 29.1 Å². The number of anilines is 1. The van der Waals surface area contributed by atoms with Gasteiger partial charge in [-0.25, -0.2) is 4.52 Å². The number of amides is 1. The lowest BCUT2D eigenvalue weighted by Gasteiger charge is -2.29. The Labute approximate surface area is 173 Å². The van der Waals surface area contributed by atoms with Gasteiger partial charge in [0.25, 0.3) is 5.56 Å². The maximum absolute atomic E-state index is 12.5. The minimum Gasteiger partial charge on any atom is -0.393 e. The summed E-state index contributed by atoms with van der Waals surface area (Å²) in [5.41, 5.74) is 2.88. The van der Waals surface area contributed by atoms with Crippen molar-refractivity contribution in [1.29, 1.82) is 0 Å². The molecule has 2 aromatic heterocycles. The number of nitrogens with one attached hydrogen (secondary N) is 2. The molecule has 2 aliphatic heterocycles. The molecule has 5 rings (SSSR count). The zero-order valence-corrected chi connectivity index (χ0v) is 16.7. The Morgan fingerprint density at radius 2 is 1.93 bits per heavy atom. The first-order valence-corrected chi connectivity index (χ1v) is 9.85. The standard InChI is InChI=1S/C20H23N5O3.ClH/c26-13-6-9-24(18(28)10-13)15-3-1-2-14-19(15)20-22-17(27)11-16(25(20)23-14)12-4-7-21-8-5-12;/h1-3,11-13,21,26H,4-10H2,(H,22,27);1H. The summed E-state index contributed by atoms with van der Waals surface area (Å²) in [6.07, 6.45) is 2.00. The fourth-order valence-corrected chi connectivity index (χ4v) is 4.47. The molecule has 0 aliphatic carbocycles. The van der Waals surface area contributed by atoms with E-state index in [0.717, 1.165) is 48.2 Å². The van der Waals surface area contributed by atoms with Gasteiger partial charge in [-0.1, -0.05) is 6.07 Å². The number of carbonyl (C=O) groups excluding carboxylic acids is 1. The van der Waals surface area contributed by atoms with Crippen molar-refractivity contribution >= 4 is 40.6 Å². The molecule has 29 heavy (non-hydrogen) atoms. The number of piperidine rings is 2. The summed E-state index contributed by atoms with van der Waals surface area (Å²) in [7, 11) is 0. The van der Waals surface area contributed by atoms with Gasteiger partial charge < -0.3 is 20.3 Å². The van der Waals surface area contributed by atoms with Gasteiger partial charge in [-0.05, 0) is 44.5 Å². The summed E-state index contributed by atoms with van der Waals surface area (Å²) in [5, 5.41) is 18.7. The van der Waals surface area contributed by atoms with Gasteiger partial charge in [-0.2, -0.15) is 5.10 Å². The van der Waals surface area contributed by atoms with E-state index >= 15 is 0 Å². The van der Waals surface area contributed by atoms with E-state index in [1.54, 1.807) is 11.0 Å². The summed E-state index contributed by atoms with van der Waals surface area (Å²) in [5.74, 6) is 0.165. The van der Waals surface area contributed by atoms with Crippen LogP contribution in [0.2, 0.25) is 0 Å². The molecule has 0 saturated carbocycles. The van der Waals surface area contributed by atoms with Gasteiger partial charge in [-0.15, -0.1) is 12.4 Å². The molecule has 0 spiro atoms. The highest BCUT2D eigenvalue weighted by Gasteiger charge is 2.28. The number of benzene rings is 1. The largest absolute Gasteiger partial charge is 0.393 e. The van der Waals surface area contributed by atoms with Gasteiger partial charge in [0.1, 0.15) is 5.65 Å². The van der Waals surface area contributed by atoms with Crippen LogP contribution in [0, 0.1) is 0 Å². The molecule has 4 heterocycles. The number of aliphatic hydroxyl groups is 1.